The van der Waals surface area contributed by atoms with Gasteiger partial charge in [0.2, 0.25) is 0 Å². The smallest absolute Gasteiger partial charge is 0.430 e. The van der Waals surface area contributed by atoms with E-state index in [2.05, 4.69) is 9.98 Å². The fourth-order valence-corrected chi connectivity index (χ4v) is 2.19. The number of halogens is 4. The number of aliphatic imine (C=N–C) groups is 2. The Bertz CT molecular complexity index is 907. The average molecular weight is 350 g/mol. The summed E-state index contributed by atoms with van der Waals surface area (Å²) in [5.41, 5.74) is -0.737. The molecule has 25 heavy (non-hydrogen) atoms. The van der Waals surface area contributed by atoms with Gasteiger partial charge in [-0.25, -0.2) is 9.18 Å². The van der Waals surface area contributed by atoms with Crippen LogP contribution in [0.25, 0.3) is 17.4 Å². The molecule has 0 saturated carbocycles. The fourth-order valence-electron chi connectivity index (χ4n) is 2.19. The SMILES string of the molecule is O=C1N=C(/C=C/c2ccc(-c3cccc(F)c3)o2)CC(C(F)(F)F)=N1. The zero-order valence-corrected chi connectivity index (χ0v) is 12.5. The maximum Gasteiger partial charge on any atom is 0.430 e. The molecule has 1 aliphatic rings. The van der Waals surface area contributed by atoms with E-state index in [1.54, 1.807) is 18.2 Å². The Morgan fingerprint density at radius 3 is 2.60 bits per heavy atom. The van der Waals surface area contributed by atoms with Crippen molar-refractivity contribution < 1.29 is 26.8 Å². The van der Waals surface area contributed by atoms with Crippen LogP contribution in [0.2, 0.25) is 0 Å². The van der Waals surface area contributed by atoms with E-state index < -0.39 is 30.2 Å². The highest BCUT2D eigenvalue weighted by atomic mass is 19.4. The Morgan fingerprint density at radius 1 is 1.08 bits per heavy atom. The van der Waals surface area contributed by atoms with E-state index >= 15 is 0 Å². The van der Waals surface area contributed by atoms with Gasteiger partial charge in [0.05, 0.1) is 5.71 Å². The first kappa shape index (κ1) is 16.8. The van der Waals surface area contributed by atoms with Crippen LogP contribution in [0.5, 0.6) is 0 Å². The van der Waals surface area contributed by atoms with E-state index in [-0.39, 0.29) is 5.71 Å². The first-order valence-electron chi connectivity index (χ1n) is 7.11. The highest BCUT2D eigenvalue weighted by Crippen LogP contribution is 2.25. The third kappa shape index (κ3) is 4.09. The normalized spacial score (nSPS) is 15.4. The van der Waals surface area contributed by atoms with Crippen molar-refractivity contribution in [3.05, 3.63) is 54.1 Å². The minimum absolute atomic E-state index is 0.0731. The summed E-state index contributed by atoms with van der Waals surface area (Å²) in [6.45, 7) is 0. The molecule has 0 spiro atoms. The quantitative estimate of drug-likeness (QED) is 0.726. The van der Waals surface area contributed by atoms with Gasteiger partial charge in [0.25, 0.3) is 0 Å². The van der Waals surface area contributed by atoms with E-state index in [9.17, 15) is 22.4 Å². The molecule has 0 saturated heterocycles. The van der Waals surface area contributed by atoms with Crippen molar-refractivity contribution >= 4 is 23.5 Å². The van der Waals surface area contributed by atoms with Crippen molar-refractivity contribution in [3.63, 3.8) is 0 Å². The predicted octanol–water partition coefficient (Wildman–Crippen LogP) is 5.07. The number of nitrogens with zero attached hydrogens (tertiary/aromatic N) is 2. The van der Waals surface area contributed by atoms with Crippen molar-refractivity contribution in [2.75, 3.05) is 0 Å². The number of carbonyl (C=O) groups is 1. The van der Waals surface area contributed by atoms with Crippen LogP contribution >= 0.6 is 0 Å². The minimum Gasteiger partial charge on any atom is -0.457 e. The summed E-state index contributed by atoms with van der Waals surface area (Å²) in [4.78, 5) is 17.5. The predicted molar refractivity (Wildman–Crippen MR) is 84.1 cm³/mol. The lowest BCUT2D eigenvalue weighted by molar-refractivity contribution is -0.0598. The van der Waals surface area contributed by atoms with Gasteiger partial charge in [-0.2, -0.15) is 23.2 Å². The van der Waals surface area contributed by atoms with Gasteiger partial charge in [0.1, 0.15) is 23.0 Å². The summed E-state index contributed by atoms with van der Waals surface area (Å²) in [6.07, 6.45) is -2.64. The van der Waals surface area contributed by atoms with Crippen LogP contribution in [0, 0.1) is 5.82 Å². The van der Waals surface area contributed by atoms with Gasteiger partial charge < -0.3 is 4.42 Å². The van der Waals surface area contributed by atoms with Crippen molar-refractivity contribution in [3.8, 4) is 11.3 Å². The number of allylic oxidation sites excluding steroid dienone is 1. The summed E-state index contributed by atoms with van der Waals surface area (Å²) in [5, 5.41) is 0. The number of furan rings is 1. The summed E-state index contributed by atoms with van der Waals surface area (Å²) >= 11 is 0. The Labute approximate surface area is 139 Å². The molecule has 3 rings (SSSR count). The molecule has 2 heterocycles. The zero-order chi connectivity index (χ0) is 18.0. The Kier molecular flexibility index (Phi) is 4.35. The topological polar surface area (TPSA) is 54.9 Å². The number of rotatable bonds is 3. The molecule has 0 bridgehead atoms. The molecule has 0 unspecified atom stereocenters. The Morgan fingerprint density at radius 2 is 1.88 bits per heavy atom. The fraction of sp³-hybridized carbons (Fsp3) is 0.118. The second-order valence-electron chi connectivity index (χ2n) is 5.16. The maximum absolute atomic E-state index is 13.2. The molecule has 0 radical (unpaired) electrons. The lowest BCUT2D eigenvalue weighted by atomic mass is 10.1. The number of hydrogen-bond acceptors (Lipinski definition) is 2. The molecule has 4 nitrogen and oxygen atoms in total. The molecular formula is C17H10F4N2O2. The standard InChI is InChI=1S/C17H10F4N2O2/c18-11-3-1-2-10(8-11)14-7-6-13(25-14)5-4-12-9-15(17(19,20)21)23-16(24)22-12/h1-8H,9H2/b5-4+. The minimum atomic E-state index is -4.68. The second kappa shape index (κ2) is 6.46. The maximum atomic E-state index is 13.2. The molecule has 128 valence electrons. The lowest BCUT2D eigenvalue weighted by Crippen LogP contribution is -2.28. The van der Waals surface area contributed by atoms with Crippen molar-refractivity contribution in [2.45, 2.75) is 12.6 Å². The van der Waals surface area contributed by atoms with Crippen LogP contribution < -0.4 is 0 Å². The molecule has 2 amide bonds. The van der Waals surface area contributed by atoms with Gasteiger partial charge in [-0.3, -0.25) is 0 Å². The molecule has 0 fully saturated rings. The van der Waals surface area contributed by atoms with Gasteiger partial charge in [0.15, 0.2) is 0 Å². The third-order valence-electron chi connectivity index (χ3n) is 3.32. The molecule has 8 heteroatoms. The number of urea groups is 1. The number of amides is 2. The van der Waals surface area contributed by atoms with E-state index in [1.165, 1.54) is 30.4 Å². The van der Waals surface area contributed by atoms with Gasteiger partial charge >= 0.3 is 12.2 Å². The summed E-state index contributed by atoms with van der Waals surface area (Å²) in [6, 6.07) is 7.76. The number of alkyl halides is 3. The van der Waals surface area contributed by atoms with Crippen molar-refractivity contribution in [1.29, 1.82) is 0 Å². The van der Waals surface area contributed by atoms with Crippen LogP contribution in [0.3, 0.4) is 0 Å². The van der Waals surface area contributed by atoms with E-state index in [4.69, 9.17) is 4.42 Å². The Hall–Kier alpha value is -3.03. The van der Waals surface area contributed by atoms with E-state index in [0.717, 1.165) is 0 Å². The van der Waals surface area contributed by atoms with Crippen LogP contribution in [-0.2, 0) is 0 Å². The summed E-state index contributed by atoms with van der Waals surface area (Å²) < 4.78 is 56.7. The van der Waals surface area contributed by atoms with Crippen molar-refractivity contribution in [2.24, 2.45) is 9.98 Å². The van der Waals surface area contributed by atoms with Gasteiger partial charge in [0, 0.05) is 12.0 Å². The van der Waals surface area contributed by atoms with E-state index in [0.29, 0.717) is 17.1 Å². The summed E-state index contributed by atoms with van der Waals surface area (Å²) in [5.74, 6) is 0.309. The Balaban J connectivity index is 1.76. The average Bonchev–Trinajstić information content (AvgIpc) is 3.01. The molecule has 0 atom stereocenters. The molecule has 0 N–H and O–H groups in total. The van der Waals surface area contributed by atoms with Gasteiger partial charge in [-0.15, -0.1) is 0 Å². The number of benzene rings is 1. The monoisotopic (exact) mass is 350 g/mol. The largest absolute Gasteiger partial charge is 0.457 e. The lowest BCUT2D eigenvalue weighted by Gasteiger charge is -2.12. The van der Waals surface area contributed by atoms with Gasteiger partial charge in [-0.1, -0.05) is 12.1 Å². The van der Waals surface area contributed by atoms with Crippen molar-refractivity contribution in [1.82, 2.24) is 0 Å². The number of hydrogen-bond donors (Lipinski definition) is 0. The number of carbonyl (C=O) groups excluding carboxylic acids is 1. The highest BCUT2D eigenvalue weighted by Gasteiger charge is 2.38. The molecule has 1 aromatic carbocycles. The van der Waals surface area contributed by atoms with E-state index in [1.807, 2.05) is 0 Å². The van der Waals surface area contributed by atoms with Gasteiger partial charge in [-0.05, 0) is 36.4 Å². The molecule has 0 aliphatic carbocycles. The first-order chi connectivity index (χ1) is 11.8. The van der Waals surface area contributed by atoms with Crippen LogP contribution in [0.4, 0.5) is 22.4 Å². The van der Waals surface area contributed by atoms with Crippen LogP contribution in [0.1, 0.15) is 12.2 Å². The molecule has 1 aromatic heterocycles. The van der Waals surface area contributed by atoms with Crippen LogP contribution in [-0.4, -0.2) is 23.6 Å². The first-order valence-corrected chi connectivity index (χ1v) is 7.11. The van der Waals surface area contributed by atoms with Crippen LogP contribution in [0.15, 0.2) is 56.9 Å². The zero-order valence-electron chi connectivity index (χ0n) is 12.5. The molecular weight excluding hydrogens is 340 g/mol. The highest BCUT2D eigenvalue weighted by molar-refractivity contribution is 6.20. The summed E-state index contributed by atoms with van der Waals surface area (Å²) in [7, 11) is 0. The molecule has 1 aliphatic heterocycles. The second-order valence-corrected chi connectivity index (χ2v) is 5.16. The molecule has 2 aromatic rings. The third-order valence-corrected chi connectivity index (χ3v) is 3.32.